The molecule has 1 amide bonds. The summed E-state index contributed by atoms with van der Waals surface area (Å²) in [5, 5.41) is 11.5. The van der Waals surface area contributed by atoms with Crippen LogP contribution in [-0.2, 0) is 0 Å². The van der Waals surface area contributed by atoms with Crippen LogP contribution < -0.4 is 5.32 Å². The van der Waals surface area contributed by atoms with Crippen molar-refractivity contribution in [2.24, 2.45) is 0 Å². The smallest absolute Gasteiger partial charge is 0.254 e. The summed E-state index contributed by atoms with van der Waals surface area (Å²) in [6, 6.07) is 5.58. The molecule has 0 fully saturated rings. The van der Waals surface area contributed by atoms with E-state index in [0.29, 0.717) is 11.5 Å². The molecule has 0 aliphatic heterocycles. The summed E-state index contributed by atoms with van der Waals surface area (Å²) in [4.78, 5) is 16.0. The van der Waals surface area contributed by atoms with E-state index in [4.69, 9.17) is 5.26 Å². The number of hydrogen-bond donors (Lipinski definition) is 1. The lowest BCUT2D eigenvalue weighted by Gasteiger charge is -2.17. The number of hydrogen-bond acceptors (Lipinski definition) is 3. The number of aromatic nitrogens is 1. The minimum absolute atomic E-state index is 0.278. The van der Waals surface area contributed by atoms with Gasteiger partial charge in [0.2, 0.25) is 0 Å². The molecule has 0 aliphatic rings. The quantitative estimate of drug-likeness (QED) is 0.867. The topological polar surface area (TPSA) is 65.8 Å². The fraction of sp³-hybridized carbons (Fsp3) is 0.462. The van der Waals surface area contributed by atoms with Gasteiger partial charge in [-0.2, -0.15) is 5.26 Å². The SMILES string of the molecule is CC(C)c1ccc(C(=O)NC(C)(C)C#N)cn1. The lowest BCUT2D eigenvalue weighted by Crippen LogP contribution is -2.42. The summed E-state index contributed by atoms with van der Waals surface area (Å²) in [7, 11) is 0. The second kappa shape index (κ2) is 4.96. The molecule has 1 N–H and O–H groups in total. The molecule has 0 saturated carbocycles. The standard InChI is InChI=1S/C13H17N3O/c1-9(2)11-6-5-10(7-15-11)12(17)16-13(3,4)8-14/h5-7,9H,1-4H3,(H,16,17). The fourth-order valence-electron chi connectivity index (χ4n) is 1.27. The van der Waals surface area contributed by atoms with Gasteiger partial charge in [0.25, 0.3) is 5.91 Å². The molecule has 17 heavy (non-hydrogen) atoms. The van der Waals surface area contributed by atoms with Gasteiger partial charge in [0.1, 0.15) is 5.54 Å². The van der Waals surface area contributed by atoms with Gasteiger partial charge in [-0.05, 0) is 31.9 Å². The lowest BCUT2D eigenvalue weighted by molar-refractivity contribution is 0.0929. The Hall–Kier alpha value is -1.89. The van der Waals surface area contributed by atoms with Crippen LogP contribution >= 0.6 is 0 Å². The summed E-state index contributed by atoms with van der Waals surface area (Å²) in [5.74, 6) is 0.0574. The number of pyridine rings is 1. The van der Waals surface area contributed by atoms with Gasteiger partial charge >= 0.3 is 0 Å². The Morgan fingerprint density at radius 3 is 2.53 bits per heavy atom. The average Bonchev–Trinajstić information content (AvgIpc) is 2.28. The number of rotatable bonds is 3. The van der Waals surface area contributed by atoms with E-state index in [1.54, 1.807) is 19.9 Å². The Bertz CT molecular complexity index is 441. The first-order valence-electron chi connectivity index (χ1n) is 5.55. The number of amides is 1. The summed E-state index contributed by atoms with van der Waals surface area (Å²) in [5.41, 5.74) is 0.548. The molecule has 4 heteroatoms. The first-order valence-corrected chi connectivity index (χ1v) is 5.55. The monoisotopic (exact) mass is 231 g/mol. The largest absolute Gasteiger partial charge is 0.334 e. The predicted molar refractivity (Wildman–Crippen MR) is 65.5 cm³/mol. The normalized spacial score (nSPS) is 11.1. The molecule has 0 saturated heterocycles. The third-order valence-corrected chi connectivity index (χ3v) is 2.35. The van der Waals surface area contributed by atoms with Crippen molar-refractivity contribution in [1.82, 2.24) is 10.3 Å². The molecule has 0 aromatic carbocycles. The van der Waals surface area contributed by atoms with Gasteiger partial charge in [0.05, 0.1) is 11.6 Å². The van der Waals surface area contributed by atoms with Crippen molar-refractivity contribution >= 4 is 5.91 Å². The Morgan fingerprint density at radius 1 is 1.47 bits per heavy atom. The van der Waals surface area contributed by atoms with Gasteiger partial charge in [-0.3, -0.25) is 9.78 Å². The highest BCUT2D eigenvalue weighted by atomic mass is 16.1. The number of carbonyl (C=O) groups is 1. The maximum Gasteiger partial charge on any atom is 0.254 e. The number of nitrogens with one attached hydrogen (secondary N) is 1. The van der Waals surface area contributed by atoms with Gasteiger partial charge in [-0.25, -0.2) is 0 Å². The highest BCUT2D eigenvalue weighted by molar-refractivity contribution is 5.94. The van der Waals surface area contributed by atoms with E-state index >= 15 is 0 Å². The molecular weight excluding hydrogens is 214 g/mol. The zero-order chi connectivity index (χ0) is 13.1. The van der Waals surface area contributed by atoms with Crippen LogP contribution in [0.15, 0.2) is 18.3 Å². The van der Waals surface area contributed by atoms with Crippen LogP contribution in [0.4, 0.5) is 0 Å². The highest BCUT2D eigenvalue weighted by Gasteiger charge is 2.20. The number of nitrogens with zero attached hydrogens (tertiary/aromatic N) is 2. The average molecular weight is 231 g/mol. The van der Waals surface area contributed by atoms with Crippen LogP contribution in [0.25, 0.3) is 0 Å². The number of nitriles is 1. The van der Waals surface area contributed by atoms with Crippen LogP contribution in [0.5, 0.6) is 0 Å². The molecule has 0 radical (unpaired) electrons. The highest BCUT2D eigenvalue weighted by Crippen LogP contribution is 2.11. The van der Waals surface area contributed by atoms with E-state index in [2.05, 4.69) is 10.3 Å². The van der Waals surface area contributed by atoms with E-state index in [1.807, 2.05) is 26.0 Å². The van der Waals surface area contributed by atoms with Gasteiger partial charge < -0.3 is 5.32 Å². The van der Waals surface area contributed by atoms with E-state index < -0.39 is 5.54 Å². The van der Waals surface area contributed by atoms with Crippen LogP contribution in [0.3, 0.4) is 0 Å². The van der Waals surface area contributed by atoms with E-state index in [1.165, 1.54) is 6.20 Å². The molecule has 0 aliphatic carbocycles. The van der Waals surface area contributed by atoms with Crippen molar-refractivity contribution in [2.75, 3.05) is 0 Å². The molecule has 1 heterocycles. The van der Waals surface area contributed by atoms with Crippen molar-refractivity contribution in [3.63, 3.8) is 0 Å². The van der Waals surface area contributed by atoms with Crippen molar-refractivity contribution < 1.29 is 4.79 Å². The molecule has 0 unspecified atom stereocenters. The summed E-state index contributed by atoms with van der Waals surface area (Å²) in [6.45, 7) is 7.39. The fourth-order valence-corrected chi connectivity index (χ4v) is 1.27. The molecular formula is C13H17N3O. The molecule has 0 atom stereocenters. The Balaban J connectivity index is 2.81. The molecule has 0 spiro atoms. The first-order chi connectivity index (χ1) is 7.85. The molecule has 4 nitrogen and oxygen atoms in total. The van der Waals surface area contributed by atoms with E-state index in [9.17, 15) is 4.79 Å². The van der Waals surface area contributed by atoms with Gasteiger partial charge in [0.15, 0.2) is 0 Å². The second-order valence-electron chi connectivity index (χ2n) is 4.82. The third kappa shape index (κ3) is 3.56. The summed E-state index contributed by atoms with van der Waals surface area (Å²) >= 11 is 0. The van der Waals surface area contributed by atoms with Crippen LogP contribution in [0.1, 0.15) is 49.7 Å². The van der Waals surface area contributed by atoms with Gasteiger partial charge in [-0.15, -0.1) is 0 Å². The summed E-state index contributed by atoms with van der Waals surface area (Å²) < 4.78 is 0. The van der Waals surface area contributed by atoms with Crippen molar-refractivity contribution in [3.8, 4) is 6.07 Å². The Kier molecular flexibility index (Phi) is 3.84. The first kappa shape index (κ1) is 13.2. The molecule has 0 bridgehead atoms. The maximum atomic E-state index is 11.8. The third-order valence-electron chi connectivity index (χ3n) is 2.35. The van der Waals surface area contributed by atoms with Crippen molar-refractivity contribution in [2.45, 2.75) is 39.2 Å². The van der Waals surface area contributed by atoms with Crippen molar-refractivity contribution in [1.29, 1.82) is 5.26 Å². The van der Waals surface area contributed by atoms with Gasteiger partial charge in [-0.1, -0.05) is 13.8 Å². The van der Waals surface area contributed by atoms with E-state index in [-0.39, 0.29) is 5.91 Å². The minimum atomic E-state index is -0.867. The van der Waals surface area contributed by atoms with Crippen LogP contribution in [0.2, 0.25) is 0 Å². The zero-order valence-corrected chi connectivity index (χ0v) is 10.6. The summed E-state index contributed by atoms with van der Waals surface area (Å²) in [6.07, 6.45) is 1.54. The minimum Gasteiger partial charge on any atom is -0.334 e. The Labute approximate surface area is 102 Å². The molecule has 90 valence electrons. The van der Waals surface area contributed by atoms with Crippen molar-refractivity contribution in [3.05, 3.63) is 29.6 Å². The number of carbonyl (C=O) groups excluding carboxylic acids is 1. The zero-order valence-electron chi connectivity index (χ0n) is 10.6. The predicted octanol–water partition coefficient (Wildman–Crippen LogP) is 2.24. The Morgan fingerprint density at radius 2 is 2.12 bits per heavy atom. The maximum absolute atomic E-state index is 11.8. The van der Waals surface area contributed by atoms with Crippen LogP contribution in [0, 0.1) is 11.3 Å². The second-order valence-corrected chi connectivity index (χ2v) is 4.82. The lowest BCUT2D eigenvalue weighted by atomic mass is 10.1. The van der Waals surface area contributed by atoms with Gasteiger partial charge in [0, 0.05) is 11.9 Å². The molecule has 1 aromatic rings. The van der Waals surface area contributed by atoms with Crippen LogP contribution in [-0.4, -0.2) is 16.4 Å². The van der Waals surface area contributed by atoms with E-state index in [0.717, 1.165) is 5.69 Å². The molecule has 1 aromatic heterocycles. The molecule has 1 rings (SSSR count).